The number of ether oxygens (including phenoxy) is 2. The van der Waals surface area contributed by atoms with Crippen molar-refractivity contribution in [2.24, 2.45) is 0 Å². The molecule has 0 atom stereocenters. The number of carbonyl (C=O) groups is 1. The van der Waals surface area contributed by atoms with Gasteiger partial charge in [0, 0.05) is 0 Å². The highest BCUT2D eigenvalue weighted by molar-refractivity contribution is 5.87. The van der Waals surface area contributed by atoms with Crippen molar-refractivity contribution in [3.8, 4) is 39.1 Å². The normalized spacial score (nSPS) is 10.9. The van der Waals surface area contributed by atoms with Crippen LogP contribution in [0.4, 0.5) is 0 Å². The van der Waals surface area contributed by atoms with Crippen LogP contribution in [0.2, 0.25) is 0 Å². The summed E-state index contributed by atoms with van der Waals surface area (Å²) in [5, 5.41) is 8.96. The largest absolute Gasteiger partial charge is 0.490 e. The molecule has 43 heavy (non-hydrogen) atoms. The molecule has 0 aliphatic rings. The van der Waals surface area contributed by atoms with Crippen molar-refractivity contribution in [3.63, 3.8) is 0 Å². The van der Waals surface area contributed by atoms with E-state index >= 15 is 0 Å². The Kier molecular flexibility index (Phi) is 11.8. The molecule has 0 unspecified atom stereocenters. The Morgan fingerprint density at radius 3 is 1.88 bits per heavy atom. The first-order valence-electron chi connectivity index (χ1n) is 15.5. The number of benzene rings is 4. The van der Waals surface area contributed by atoms with E-state index in [0.29, 0.717) is 0 Å². The van der Waals surface area contributed by atoms with Crippen LogP contribution in [-0.2, 0) is 28.8 Å². The third kappa shape index (κ3) is 8.46. The molecule has 0 saturated heterocycles. The van der Waals surface area contributed by atoms with Crippen molar-refractivity contribution in [3.05, 3.63) is 114 Å². The van der Waals surface area contributed by atoms with Gasteiger partial charge in [0.1, 0.15) is 19.0 Å². The fraction of sp³-hybridized carbons (Fsp3) is 0.308. The number of rotatable bonds is 15. The Hall–Kier alpha value is -4.15. The first kappa shape index (κ1) is 31.8. The Labute approximate surface area is 257 Å². The zero-order chi connectivity index (χ0) is 30.6. The van der Waals surface area contributed by atoms with Crippen LogP contribution in [0, 0.1) is 0 Å². The van der Waals surface area contributed by atoms with Crippen LogP contribution in [0.15, 0.2) is 97.1 Å². The van der Waals surface area contributed by atoms with E-state index in [1.807, 2.05) is 12.1 Å². The standard InChI is InChI=1S/C39H44O4/c1-5-8-9-10-29-11-13-32(14-12-29)35-19-21-37(30(6-2)25-35)33-15-17-34(18-16-33)38-22-20-36(26-31(38)7-3)42-23-24-43-39(41)28(4)27-40/h11-22,25-26,40H,4-10,23-24,27H2,1-3H3. The summed E-state index contributed by atoms with van der Waals surface area (Å²) in [5.74, 6) is 0.122. The van der Waals surface area contributed by atoms with Crippen molar-refractivity contribution < 1.29 is 19.4 Å². The minimum Gasteiger partial charge on any atom is -0.490 e. The Bertz CT molecular complexity index is 1500. The first-order valence-corrected chi connectivity index (χ1v) is 15.5. The Morgan fingerprint density at radius 1 is 0.698 bits per heavy atom. The van der Waals surface area contributed by atoms with Gasteiger partial charge in [0.25, 0.3) is 0 Å². The van der Waals surface area contributed by atoms with Crippen LogP contribution in [0.5, 0.6) is 5.75 Å². The monoisotopic (exact) mass is 576 g/mol. The summed E-state index contributed by atoms with van der Waals surface area (Å²) >= 11 is 0. The van der Waals surface area contributed by atoms with Crippen LogP contribution in [0.3, 0.4) is 0 Å². The molecule has 4 aromatic carbocycles. The highest BCUT2D eigenvalue weighted by Gasteiger charge is 2.11. The highest BCUT2D eigenvalue weighted by Crippen LogP contribution is 2.33. The molecular formula is C39H44O4. The van der Waals surface area contributed by atoms with Crippen molar-refractivity contribution in [1.82, 2.24) is 0 Å². The van der Waals surface area contributed by atoms with Gasteiger partial charge in [0.05, 0.1) is 12.2 Å². The van der Waals surface area contributed by atoms with Crippen molar-refractivity contribution >= 4 is 5.97 Å². The quantitative estimate of drug-likeness (QED) is 0.0872. The average Bonchev–Trinajstić information content (AvgIpc) is 3.06. The van der Waals surface area contributed by atoms with Gasteiger partial charge in [-0.15, -0.1) is 0 Å². The predicted molar refractivity (Wildman–Crippen MR) is 177 cm³/mol. The SMILES string of the molecule is C=C(CO)C(=O)OCCOc1ccc(-c2ccc(-c3ccc(-c4ccc(CCCCC)cc4)cc3CC)cc2)c(CC)c1. The van der Waals surface area contributed by atoms with E-state index in [-0.39, 0.29) is 18.8 Å². The minimum absolute atomic E-state index is 0.0326. The molecule has 0 aliphatic heterocycles. The second-order valence-electron chi connectivity index (χ2n) is 10.9. The zero-order valence-electron chi connectivity index (χ0n) is 25.8. The molecule has 0 saturated carbocycles. The molecule has 1 N–H and O–H groups in total. The molecule has 4 nitrogen and oxygen atoms in total. The van der Waals surface area contributed by atoms with Gasteiger partial charge in [-0.1, -0.05) is 113 Å². The van der Waals surface area contributed by atoms with E-state index in [1.54, 1.807) is 0 Å². The van der Waals surface area contributed by atoms with E-state index in [2.05, 4.69) is 100 Å². The zero-order valence-corrected chi connectivity index (χ0v) is 25.8. The summed E-state index contributed by atoms with van der Waals surface area (Å²) in [7, 11) is 0. The van der Waals surface area contributed by atoms with Crippen molar-refractivity contribution in [2.75, 3.05) is 19.8 Å². The van der Waals surface area contributed by atoms with Gasteiger partial charge in [-0.3, -0.25) is 0 Å². The molecule has 0 aliphatic carbocycles. The van der Waals surface area contributed by atoms with Gasteiger partial charge in [0.2, 0.25) is 0 Å². The van der Waals surface area contributed by atoms with Gasteiger partial charge < -0.3 is 14.6 Å². The van der Waals surface area contributed by atoms with Crippen LogP contribution in [0.1, 0.15) is 56.7 Å². The van der Waals surface area contributed by atoms with Crippen molar-refractivity contribution in [1.29, 1.82) is 0 Å². The van der Waals surface area contributed by atoms with Gasteiger partial charge >= 0.3 is 5.97 Å². The lowest BCUT2D eigenvalue weighted by Crippen LogP contribution is -2.15. The van der Waals surface area contributed by atoms with Crippen LogP contribution >= 0.6 is 0 Å². The molecular weight excluding hydrogens is 532 g/mol. The molecule has 4 rings (SSSR count). The topological polar surface area (TPSA) is 55.8 Å². The number of aliphatic hydroxyl groups excluding tert-OH is 1. The van der Waals surface area contributed by atoms with Gasteiger partial charge in [-0.25, -0.2) is 4.79 Å². The minimum atomic E-state index is -0.607. The lowest BCUT2D eigenvalue weighted by Gasteiger charge is -2.14. The average molecular weight is 577 g/mol. The maximum Gasteiger partial charge on any atom is 0.335 e. The fourth-order valence-electron chi connectivity index (χ4n) is 5.31. The molecule has 0 spiro atoms. The number of hydrogen-bond donors (Lipinski definition) is 1. The Morgan fingerprint density at radius 2 is 1.28 bits per heavy atom. The molecule has 0 heterocycles. The van der Waals surface area contributed by atoms with Gasteiger partial charge in [0.15, 0.2) is 0 Å². The van der Waals surface area contributed by atoms with Crippen LogP contribution in [0.25, 0.3) is 33.4 Å². The number of carbonyl (C=O) groups excluding carboxylic acids is 1. The maximum atomic E-state index is 11.6. The summed E-state index contributed by atoms with van der Waals surface area (Å²) < 4.78 is 10.9. The predicted octanol–water partition coefficient (Wildman–Crippen LogP) is 9.02. The van der Waals surface area contributed by atoms with E-state index in [0.717, 1.165) is 30.6 Å². The molecule has 0 bridgehead atoms. The second-order valence-corrected chi connectivity index (χ2v) is 10.9. The summed E-state index contributed by atoms with van der Waals surface area (Å²) in [6.07, 6.45) is 6.79. The second kappa shape index (κ2) is 15.9. The van der Waals surface area contributed by atoms with E-state index in [1.165, 1.54) is 63.8 Å². The smallest absolute Gasteiger partial charge is 0.335 e. The molecule has 4 heteroatoms. The summed E-state index contributed by atoms with van der Waals surface area (Å²) in [6.45, 7) is 9.97. The van der Waals surface area contributed by atoms with Crippen LogP contribution in [-0.4, -0.2) is 30.9 Å². The third-order valence-corrected chi connectivity index (χ3v) is 7.87. The molecule has 0 amide bonds. The highest BCUT2D eigenvalue weighted by atomic mass is 16.6. The van der Waals surface area contributed by atoms with E-state index in [4.69, 9.17) is 14.6 Å². The molecule has 0 aromatic heterocycles. The summed E-state index contributed by atoms with van der Waals surface area (Å²) in [4.78, 5) is 11.6. The lowest BCUT2D eigenvalue weighted by atomic mass is 9.91. The molecule has 0 radical (unpaired) electrons. The van der Waals surface area contributed by atoms with Gasteiger partial charge in [-0.05, 0) is 87.9 Å². The van der Waals surface area contributed by atoms with E-state index in [9.17, 15) is 4.79 Å². The van der Waals surface area contributed by atoms with Crippen molar-refractivity contribution in [2.45, 2.75) is 59.3 Å². The number of aryl methyl sites for hydroxylation is 3. The fourth-order valence-corrected chi connectivity index (χ4v) is 5.31. The van der Waals surface area contributed by atoms with E-state index < -0.39 is 12.6 Å². The number of unbranched alkanes of at least 4 members (excludes halogenated alkanes) is 2. The summed E-state index contributed by atoms with van der Waals surface area (Å²) in [6, 6.07) is 30.8. The summed E-state index contributed by atoms with van der Waals surface area (Å²) in [5.41, 5.74) is 11.4. The molecule has 0 fully saturated rings. The number of hydrogen-bond acceptors (Lipinski definition) is 4. The molecule has 4 aromatic rings. The van der Waals surface area contributed by atoms with Crippen LogP contribution < -0.4 is 4.74 Å². The first-order chi connectivity index (χ1) is 21.0. The third-order valence-electron chi connectivity index (χ3n) is 7.87. The number of aliphatic hydroxyl groups is 1. The lowest BCUT2D eigenvalue weighted by molar-refractivity contribution is -0.140. The molecule has 224 valence electrons. The Balaban J connectivity index is 1.44. The van der Waals surface area contributed by atoms with Gasteiger partial charge in [-0.2, -0.15) is 0 Å². The maximum absolute atomic E-state index is 11.6. The number of esters is 1.